The van der Waals surface area contributed by atoms with Crippen LogP contribution in [0.25, 0.3) is 11.6 Å². The predicted molar refractivity (Wildman–Crippen MR) is 91.4 cm³/mol. The number of benzene rings is 1. The maximum atomic E-state index is 8.91. The first-order valence-electron chi connectivity index (χ1n) is 7.17. The molecule has 0 aliphatic carbocycles. The van der Waals surface area contributed by atoms with Crippen LogP contribution < -0.4 is 4.90 Å². The molecule has 0 aromatic heterocycles. The van der Waals surface area contributed by atoms with Gasteiger partial charge in [-0.1, -0.05) is 17.7 Å². The van der Waals surface area contributed by atoms with Crippen LogP contribution in [0, 0.1) is 22.7 Å². The van der Waals surface area contributed by atoms with Crippen molar-refractivity contribution < 1.29 is 0 Å². The lowest BCUT2D eigenvalue weighted by atomic mass is 9.88. The number of likely N-dealkylation sites (N-methyl/N-ethyl adjacent to an activating group) is 1. The average Bonchev–Trinajstić information content (AvgIpc) is 2.45. The van der Waals surface area contributed by atoms with Crippen LogP contribution in [-0.4, -0.2) is 12.1 Å². The quantitative estimate of drug-likeness (QED) is 0.738. The van der Waals surface area contributed by atoms with Gasteiger partial charge in [-0.25, -0.2) is 0 Å². The third kappa shape index (κ3) is 2.73. The molecule has 3 nitrogen and oxygen atoms in total. The lowest BCUT2D eigenvalue weighted by molar-refractivity contribution is 0.566. The van der Waals surface area contributed by atoms with Gasteiger partial charge in [-0.05, 0) is 57.0 Å². The van der Waals surface area contributed by atoms with Crippen molar-refractivity contribution in [1.29, 1.82) is 10.5 Å². The van der Waals surface area contributed by atoms with Crippen molar-refractivity contribution in [2.24, 2.45) is 0 Å². The highest BCUT2D eigenvalue weighted by atomic mass is 35.5. The third-order valence-electron chi connectivity index (χ3n) is 3.95. The van der Waals surface area contributed by atoms with E-state index in [-0.39, 0.29) is 11.1 Å². The number of hydrogen-bond donors (Lipinski definition) is 0. The fourth-order valence-electron chi connectivity index (χ4n) is 3.05. The van der Waals surface area contributed by atoms with E-state index in [0.717, 1.165) is 17.8 Å². The van der Waals surface area contributed by atoms with Gasteiger partial charge in [-0.3, -0.25) is 0 Å². The smallest absolute Gasteiger partial charge is 0.130 e. The minimum absolute atomic E-state index is 0.0481. The Morgan fingerprint density at radius 3 is 2.50 bits per heavy atom. The molecule has 0 N–H and O–H groups in total. The fraction of sp³-hybridized carbons (Fsp3) is 0.333. The number of rotatable bonds is 2. The maximum Gasteiger partial charge on any atom is 0.130 e. The highest BCUT2D eigenvalue weighted by molar-refractivity contribution is 6.32. The second kappa shape index (κ2) is 5.87. The Kier molecular flexibility index (Phi) is 4.31. The first-order valence-corrected chi connectivity index (χ1v) is 7.54. The standard InChI is InChI=1S/C18H18ClN3/c1-5-22-17-8-16(19)14(6-13(10-20)11-21)7-15(17)12(2)9-18(22,3)4/h6-9H,5H2,1-4H3. The summed E-state index contributed by atoms with van der Waals surface area (Å²) in [5.74, 6) is 0. The van der Waals surface area contributed by atoms with Crippen molar-refractivity contribution >= 4 is 28.9 Å². The minimum Gasteiger partial charge on any atom is -0.363 e. The van der Waals surface area contributed by atoms with Gasteiger partial charge in [0, 0.05) is 22.8 Å². The van der Waals surface area contributed by atoms with E-state index in [1.54, 1.807) is 0 Å². The van der Waals surface area contributed by atoms with Crippen molar-refractivity contribution in [2.45, 2.75) is 33.2 Å². The summed E-state index contributed by atoms with van der Waals surface area (Å²) in [6, 6.07) is 7.62. The summed E-state index contributed by atoms with van der Waals surface area (Å²) in [5.41, 5.74) is 4.02. The third-order valence-corrected chi connectivity index (χ3v) is 4.28. The molecule has 22 heavy (non-hydrogen) atoms. The van der Waals surface area contributed by atoms with Gasteiger partial charge in [0.2, 0.25) is 0 Å². The van der Waals surface area contributed by atoms with Crippen LogP contribution >= 0.6 is 11.6 Å². The zero-order valence-corrected chi connectivity index (χ0v) is 14.0. The molecule has 1 aliphatic rings. The van der Waals surface area contributed by atoms with E-state index in [1.807, 2.05) is 24.3 Å². The summed E-state index contributed by atoms with van der Waals surface area (Å²) in [6.45, 7) is 9.41. The van der Waals surface area contributed by atoms with E-state index in [4.69, 9.17) is 22.1 Å². The number of anilines is 1. The van der Waals surface area contributed by atoms with Crippen LogP contribution in [0.5, 0.6) is 0 Å². The van der Waals surface area contributed by atoms with Gasteiger partial charge < -0.3 is 4.90 Å². The summed E-state index contributed by atoms with van der Waals surface area (Å²) in [6.07, 6.45) is 3.77. The largest absolute Gasteiger partial charge is 0.363 e. The minimum atomic E-state index is -0.0724. The molecule has 2 rings (SSSR count). The van der Waals surface area contributed by atoms with E-state index < -0.39 is 0 Å². The lowest BCUT2D eigenvalue weighted by Crippen LogP contribution is -2.44. The Hall–Kier alpha value is -2.23. The van der Waals surface area contributed by atoms with Crippen molar-refractivity contribution in [3.63, 3.8) is 0 Å². The van der Waals surface area contributed by atoms with Gasteiger partial charge in [-0.15, -0.1) is 0 Å². The molecule has 0 fully saturated rings. The Labute approximate surface area is 136 Å². The van der Waals surface area contributed by atoms with Crippen LogP contribution in [0.3, 0.4) is 0 Å². The van der Waals surface area contributed by atoms with E-state index in [1.165, 1.54) is 11.6 Å². The average molecular weight is 312 g/mol. The van der Waals surface area contributed by atoms with E-state index in [0.29, 0.717) is 10.6 Å². The van der Waals surface area contributed by atoms with Crippen molar-refractivity contribution in [3.05, 3.63) is 39.9 Å². The van der Waals surface area contributed by atoms with Gasteiger partial charge in [0.25, 0.3) is 0 Å². The SMILES string of the molecule is CCN1c2cc(Cl)c(C=C(C#N)C#N)cc2C(C)=CC1(C)C. The summed E-state index contributed by atoms with van der Waals surface area (Å²) >= 11 is 6.37. The van der Waals surface area contributed by atoms with Gasteiger partial charge in [0.1, 0.15) is 17.7 Å². The number of fused-ring (bicyclic) bond motifs is 1. The predicted octanol–water partition coefficient (Wildman–Crippen LogP) is 4.79. The molecule has 0 unspecified atom stereocenters. The van der Waals surface area contributed by atoms with Crippen LogP contribution in [0.1, 0.15) is 38.8 Å². The van der Waals surface area contributed by atoms with E-state index in [2.05, 4.69) is 38.7 Å². The van der Waals surface area contributed by atoms with E-state index in [9.17, 15) is 0 Å². The summed E-state index contributed by atoms with van der Waals surface area (Å²) < 4.78 is 0. The van der Waals surface area contributed by atoms with E-state index >= 15 is 0 Å². The molecule has 0 bridgehead atoms. The molecular formula is C18H18ClN3. The highest BCUT2D eigenvalue weighted by Gasteiger charge is 2.30. The molecule has 0 saturated heterocycles. The molecular weight excluding hydrogens is 294 g/mol. The molecule has 0 spiro atoms. The van der Waals surface area contributed by atoms with Crippen LogP contribution in [0.15, 0.2) is 23.8 Å². The molecule has 4 heteroatoms. The number of allylic oxidation sites excluding steroid dienone is 2. The Morgan fingerprint density at radius 1 is 1.32 bits per heavy atom. The molecule has 0 amide bonds. The van der Waals surface area contributed by atoms with Crippen LogP contribution in [-0.2, 0) is 0 Å². The van der Waals surface area contributed by atoms with Gasteiger partial charge >= 0.3 is 0 Å². The van der Waals surface area contributed by atoms with Gasteiger partial charge in [0.15, 0.2) is 0 Å². The summed E-state index contributed by atoms with van der Waals surface area (Å²) in [4.78, 5) is 2.30. The Bertz CT molecular complexity index is 742. The Balaban J connectivity index is 2.67. The second-order valence-electron chi connectivity index (χ2n) is 5.90. The molecule has 1 aromatic carbocycles. The van der Waals surface area contributed by atoms with Gasteiger partial charge in [-0.2, -0.15) is 10.5 Å². The zero-order chi connectivity index (χ0) is 16.5. The summed E-state index contributed by atoms with van der Waals surface area (Å²) in [5, 5.41) is 18.4. The topological polar surface area (TPSA) is 50.8 Å². The number of nitriles is 2. The number of halogens is 1. The van der Waals surface area contributed by atoms with Crippen LogP contribution in [0.2, 0.25) is 5.02 Å². The monoisotopic (exact) mass is 311 g/mol. The number of hydrogen-bond acceptors (Lipinski definition) is 3. The normalized spacial score (nSPS) is 15.2. The molecule has 0 atom stereocenters. The highest BCUT2D eigenvalue weighted by Crippen LogP contribution is 2.41. The first-order chi connectivity index (χ1) is 10.3. The molecule has 0 radical (unpaired) electrons. The van der Waals surface area contributed by atoms with Crippen molar-refractivity contribution in [2.75, 3.05) is 11.4 Å². The van der Waals surface area contributed by atoms with Crippen molar-refractivity contribution in [1.82, 2.24) is 0 Å². The van der Waals surface area contributed by atoms with Crippen molar-refractivity contribution in [3.8, 4) is 12.1 Å². The zero-order valence-electron chi connectivity index (χ0n) is 13.2. The fourth-order valence-corrected chi connectivity index (χ4v) is 3.26. The lowest BCUT2D eigenvalue weighted by Gasteiger charge is -2.43. The first kappa shape index (κ1) is 16.1. The summed E-state index contributed by atoms with van der Waals surface area (Å²) in [7, 11) is 0. The molecule has 1 aliphatic heterocycles. The molecule has 1 heterocycles. The maximum absolute atomic E-state index is 8.91. The van der Waals surface area contributed by atoms with Gasteiger partial charge in [0.05, 0.1) is 5.54 Å². The Morgan fingerprint density at radius 2 is 1.95 bits per heavy atom. The molecule has 0 saturated carbocycles. The molecule has 1 aromatic rings. The van der Waals surface area contributed by atoms with Crippen LogP contribution in [0.4, 0.5) is 5.69 Å². The molecule has 112 valence electrons. The number of nitrogens with zero attached hydrogens (tertiary/aromatic N) is 3. The second-order valence-corrected chi connectivity index (χ2v) is 6.30.